The molecule has 1 N–H and O–H groups in total. The van der Waals surface area contributed by atoms with E-state index in [1.54, 1.807) is 45.0 Å². The zero-order valence-corrected chi connectivity index (χ0v) is 18.3. The van der Waals surface area contributed by atoms with Crippen LogP contribution in [0.4, 0.5) is 0 Å². The van der Waals surface area contributed by atoms with Gasteiger partial charge in [0.25, 0.3) is 6.47 Å². The van der Waals surface area contributed by atoms with Gasteiger partial charge in [-0.25, -0.2) is 4.79 Å². The molecule has 0 amide bonds. The van der Waals surface area contributed by atoms with Crippen LogP contribution in [0.5, 0.6) is 5.75 Å². The molecule has 1 unspecified atom stereocenters. The molecule has 0 aliphatic rings. The van der Waals surface area contributed by atoms with E-state index < -0.39 is 17.7 Å². The van der Waals surface area contributed by atoms with Gasteiger partial charge in [-0.3, -0.25) is 4.79 Å². The smallest absolute Gasteiger partial charge is 0.333 e. The molecular formula is C25H30O5. The van der Waals surface area contributed by atoms with Crippen LogP contribution in [-0.4, -0.2) is 23.1 Å². The number of benzene rings is 2. The van der Waals surface area contributed by atoms with Crippen molar-refractivity contribution in [1.82, 2.24) is 0 Å². The lowest BCUT2D eigenvalue weighted by molar-refractivity contribution is -0.158. The molecule has 30 heavy (non-hydrogen) atoms. The van der Waals surface area contributed by atoms with Gasteiger partial charge in [-0.1, -0.05) is 48.6 Å². The fourth-order valence-electron chi connectivity index (χ4n) is 2.46. The lowest BCUT2D eigenvalue weighted by atomic mass is 9.93. The first-order valence-electron chi connectivity index (χ1n) is 9.47. The highest BCUT2D eigenvalue weighted by Gasteiger charge is 2.32. The molecule has 0 bridgehead atoms. The molecule has 2 rings (SSSR count). The second-order valence-electron chi connectivity index (χ2n) is 7.79. The molecule has 1 atom stereocenters. The van der Waals surface area contributed by atoms with Gasteiger partial charge < -0.3 is 14.6 Å². The molecule has 0 fully saturated rings. The zero-order valence-electron chi connectivity index (χ0n) is 18.3. The van der Waals surface area contributed by atoms with Crippen LogP contribution in [-0.2, 0) is 14.3 Å². The van der Waals surface area contributed by atoms with Gasteiger partial charge in [0, 0.05) is 5.57 Å². The van der Waals surface area contributed by atoms with Crippen molar-refractivity contribution in [2.75, 3.05) is 0 Å². The van der Waals surface area contributed by atoms with E-state index in [1.807, 2.05) is 38.1 Å². The van der Waals surface area contributed by atoms with Crippen molar-refractivity contribution in [3.05, 3.63) is 78.4 Å². The number of hydrogen-bond donors (Lipinski definition) is 1. The fraction of sp³-hybridized carbons (Fsp3) is 0.280. The Morgan fingerprint density at radius 1 is 0.967 bits per heavy atom. The maximum atomic E-state index is 11.9. The molecule has 0 aliphatic carbocycles. The highest BCUT2D eigenvalue weighted by atomic mass is 16.6. The van der Waals surface area contributed by atoms with E-state index in [0.29, 0.717) is 17.8 Å². The van der Waals surface area contributed by atoms with Crippen molar-refractivity contribution in [2.24, 2.45) is 0 Å². The van der Waals surface area contributed by atoms with Crippen LogP contribution >= 0.6 is 0 Å². The van der Waals surface area contributed by atoms with Crippen molar-refractivity contribution in [3.8, 4) is 16.9 Å². The van der Waals surface area contributed by atoms with Gasteiger partial charge in [-0.05, 0) is 63.4 Å². The number of ether oxygens (including phenoxy) is 2. The van der Waals surface area contributed by atoms with Gasteiger partial charge in [-0.2, -0.15) is 0 Å². The number of hydrogen-bond acceptors (Lipinski definition) is 5. The van der Waals surface area contributed by atoms with Crippen LogP contribution in [0.1, 0.15) is 46.3 Å². The maximum Gasteiger partial charge on any atom is 0.333 e. The van der Waals surface area contributed by atoms with Crippen LogP contribution in [0.25, 0.3) is 11.1 Å². The van der Waals surface area contributed by atoms with Crippen LogP contribution in [0.15, 0.2) is 72.8 Å². The summed E-state index contributed by atoms with van der Waals surface area (Å²) in [6.07, 6.45) is -0.816. The number of carbonyl (C=O) groups excluding carboxylic acids is 2. The first kappa shape index (κ1) is 24.9. The summed E-state index contributed by atoms with van der Waals surface area (Å²) < 4.78 is 10.2. The Morgan fingerprint density at radius 2 is 1.40 bits per heavy atom. The highest BCUT2D eigenvalue weighted by molar-refractivity contribution is 5.87. The Balaban J connectivity index is 0.00000103. The summed E-state index contributed by atoms with van der Waals surface area (Å²) in [6.45, 7) is 16.2. The second-order valence-corrected chi connectivity index (χ2v) is 7.79. The molecule has 2 aromatic rings. The average Bonchev–Trinajstić information content (AvgIpc) is 2.65. The van der Waals surface area contributed by atoms with Crippen LogP contribution in [0.2, 0.25) is 0 Å². The fourth-order valence-corrected chi connectivity index (χ4v) is 2.46. The van der Waals surface area contributed by atoms with Crippen molar-refractivity contribution < 1.29 is 24.2 Å². The molecule has 0 radical (unpaired) electrons. The molecule has 0 aromatic heterocycles. The minimum Gasteiger partial charge on any atom is -0.451 e. The third-order valence-electron chi connectivity index (χ3n) is 3.80. The third kappa shape index (κ3) is 8.05. The van der Waals surface area contributed by atoms with Crippen LogP contribution in [0.3, 0.4) is 0 Å². The summed E-state index contributed by atoms with van der Waals surface area (Å²) >= 11 is 0. The van der Waals surface area contributed by atoms with Gasteiger partial charge in [0.1, 0.15) is 11.4 Å². The van der Waals surface area contributed by atoms with E-state index in [9.17, 15) is 14.7 Å². The quantitative estimate of drug-likeness (QED) is 0.286. The minimum absolute atomic E-state index is 0.272. The van der Waals surface area contributed by atoms with Crippen molar-refractivity contribution in [2.45, 2.75) is 46.3 Å². The van der Waals surface area contributed by atoms with Gasteiger partial charge in [0.15, 0.2) is 6.10 Å². The summed E-state index contributed by atoms with van der Waals surface area (Å²) in [6, 6.07) is 14.4. The molecular weight excluding hydrogens is 380 g/mol. The predicted octanol–water partition coefficient (Wildman–Crippen LogP) is 5.40. The summed E-state index contributed by atoms with van der Waals surface area (Å²) in [4.78, 5) is 22.2. The van der Waals surface area contributed by atoms with E-state index in [2.05, 4.69) is 13.2 Å². The number of rotatable bonds is 7. The molecule has 5 nitrogen and oxygen atoms in total. The Labute approximate surface area is 178 Å². The molecule has 0 heterocycles. The minimum atomic E-state index is -1.25. The van der Waals surface area contributed by atoms with Gasteiger partial charge in [0.2, 0.25) is 0 Å². The van der Waals surface area contributed by atoms with Crippen molar-refractivity contribution in [1.29, 1.82) is 0 Å². The van der Waals surface area contributed by atoms with E-state index >= 15 is 0 Å². The summed E-state index contributed by atoms with van der Waals surface area (Å²) in [5.41, 5.74) is 2.74. The lowest BCUT2D eigenvalue weighted by Crippen LogP contribution is -2.32. The summed E-state index contributed by atoms with van der Waals surface area (Å²) in [5, 5.41) is 10.4. The molecule has 0 saturated heterocycles. The molecule has 5 heteroatoms. The first-order valence-corrected chi connectivity index (χ1v) is 9.47. The Morgan fingerprint density at radius 3 is 1.77 bits per heavy atom. The maximum absolute atomic E-state index is 11.9. The number of allylic oxidation sites excluding steroid dienone is 1. The lowest BCUT2D eigenvalue weighted by Gasteiger charge is -2.29. The van der Waals surface area contributed by atoms with E-state index in [1.165, 1.54) is 5.57 Å². The van der Waals surface area contributed by atoms with Crippen molar-refractivity contribution in [3.63, 3.8) is 0 Å². The molecule has 0 saturated carbocycles. The van der Waals surface area contributed by atoms with Crippen LogP contribution < -0.4 is 4.74 Å². The predicted molar refractivity (Wildman–Crippen MR) is 119 cm³/mol. The largest absolute Gasteiger partial charge is 0.451 e. The Bertz CT molecular complexity index is 867. The average molecular weight is 411 g/mol. The number of esters is 1. The Kier molecular flexibility index (Phi) is 9.21. The molecule has 0 aliphatic heterocycles. The number of carbonyl (C=O) groups is 2. The summed E-state index contributed by atoms with van der Waals surface area (Å²) in [7, 11) is 0. The molecule has 2 aromatic carbocycles. The van der Waals surface area contributed by atoms with Gasteiger partial charge in [-0.15, -0.1) is 6.58 Å². The standard InChI is InChI=1S/C21H22O5.C4H8/c1-14(2)20(23)26-19(21(3,4)24)17-7-5-15(6-8-17)16-9-11-18(12-10-16)25-13-22;1-4(2)3/h5-13,19,24H,1H2,2-4H3;1H2,2-3H3. The van der Waals surface area contributed by atoms with E-state index in [-0.39, 0.29) is 5.57 Å². The second kappa shape index (κ2) is 11.1. The topological polar surface area (TPSA) is 72.8 Å². The van der Waals surface area contributed by atoms with E-state index in [0.717, 1.165) is 11.1 Å². The summed E-state index contributed by atoms with van der Waals surface area (Å²) in [5.74, 6) is -0.0823. The molecule has 0 spiro atoms. The van der Waals surface area contributed by atoms with Gasteiger partial charge in [0.05, 0.1) is 0 Å². The molecule has 160 valence electrons. The van der Waals surface area contributed by atoms with Crippen LogP contribution in [0, 0.1) is 0 Å². The van der Waals surface area contributed by atoms with E-state index in [4.69, 9.17) is 9.47 Å². The monoisotopic (exact) mass is 410 g/mol. The van der Waals surface area contributed by atoms with Crippen molar-refractivity contribution >= 4 is 12.4 Å². The Hall–Kier alpha value is -3.18. The highest BCUT2D eigenvalue weighted by Crippen LogP contribution is 2.32. The normalized spacial score (nSPS) is 11.4. The third-order valence-corrected chi connectivity index (χ3v) is 3.80. The number of aliphatic hydroxyl groups is 1. The van der Waals surface area contributed by atoms with Gasteiger partial charge >= 0.3 is 5.97 Å². The SMILES string of the molecule is C=C(C)C.C=C(C)C(=O)OC(c1ccc(-c2ccc(OC=O)cc2)cc1)C(C)(C)O. The zero-order chi connectivity index (χ0) is 22.9. The first-order chi connectivity index (χ1) is 14.0.